The summed E-state index contributed by atoms with van der Waals surface area (Å²) in [4.78, 5) is 24.2. The molecule has 0 bridgehead atoms. The number of hydrogen-bond donors (Lipinski definition) is 6. The van der Waals surface area contributed by atoms with Crippen LogP contribution in [0.4, 0.5) is 34.1 Å². The Morgan fingerprint density at radius 1 is 0.536 bits per heavy atom. The van der Waals surface area contributed by atoms with E-state index in [0.717, 1.165) is 12.1 Å². The lowest BCUT2D eigenvalue weighted by Gasteiger charge is -2.12. The van der Waals surface area contributed by atoms with Crippen molar-refractivity contribution < 1.29 is 55.2 Å². The third-order valence-corrected chi connectivity index (χ3v) is 9.79. The van der Waals surface area contributed by atoms with E-state index in [1.165, 1.54) is 74.9 Å². The number of phenolic OH excluding ortho intramolecular Hbond substituents is 2. The molecule has 0 radical (unpaired) electrons. The Bertz CT molecular complexity index is 2640. The van der Waals surface area contributed by atoms with Gasteiger partial charge in [-0.05, 0) is 108 Å². The van der Waals surface area contributed by atoms with Gasteiger partial charge in [0.15, 0.2) is 11.5 Å². The fourth-order valence-electron chi connectivity index (χ4n) is 5.33. The van der Waals surface area contributed by atoms with E-state index < -0.39 is 64.7 Å². The van der Waals surface area contributed by atoms with Gasteiger partial charge < -0.3 is 30.3 Å². The standard InChI is InChI=1S/C36H28N6O12S2/c1-53-25-9-3-21(4-10-25)39-41-31-29(55(47,48)49)17-19-15-23(7-13-27(19)33(31)43)37-35(45)36(46)38-24-8-14-28-20(16-24)18-30(56(50,51)52)32(34(28)44)42-40-22-5-11-26(54-2)12-6-22/h3-18,43-44H,1-2H3,(H,37,45)(H,38,46)(H,47,48,49)(H,50,51,52). The summed E-state index contributed by atoms with van der Waals surface area (Å²) in [5.74, 6) is -2.61. The Morgan fingerprint density at radius 2 is 0.893 bits per heavy atom. The van der Waals surface area contributed by atoms with E-state index in [2.05, 4.69) is 31.1 Å². The van der Waals surface area contributed by atoms with Crippen LogP contribution in [0, 0.1) is 0 Å². The van der Waals surface area contributed by atoms with Crippen LogP contribution in [0.2, 0.25) is 0 Å². The molecule has 0 unspecified atom stereocenters. The minimum Gasteiger partial charge on any atom is -0.505 e. The molecule has 18 nitrogen and oxygen atoms in total. The molecule has 286 valence electrons. The van der Waals surface area contributed by atoms with Crippen molar-refractivity contribution in [1.82, 2.24) is 0 Å². The number of amides is 2. The van der Waals surface area contributed by atoms with Gasteiger partial charge in [-0.3, -0.25) is 18.7 Å². The molecule has 0 spiro atoms. The molecule has 0 fully saturated rings. The molecule has 6 rings (SSSR count). The second kappa shape index (κ2) is 15.4. The number of azo groups is 2. The van der Waals surface area contributed by atoms with Crippen molar-refractivity contribution in [3.05, 3.63) is 97.1 Å². The van der Waals surface area contributed by atoms with Gasteiger partial charge in [0, 0.05) is 22.1 Å². The molecule has 0 heterocycles. The van der Waals surface area contributed by atoms with Crippen LogP contribution in [0.5, 0.6) is 23.0 Å². The van der Waals surface area contributed by atoms with Crippen molar-refractivity contribution >= 4 is 87.7 Å². The fourth-order valence-corrected chi connectivity index (χ4v) is 6.65. The normalized spacial score (nSPS) is 12.0. The molecule has 0 saturated heterocycles. The van der Waals surface area contributed by atoms with Gasteiger partial charge in [-0.2, -0.15) is 27.1 Å². The molecule has 6 aromatic carbocycles. The first-order chi connectivity index (χ1) is 26.5. The second-order valence-corrected chi connectivity index (χ2v) is 14.5. The smallest absolute Gasteiger partial charge is 0.314 e. The van der Waals surface area contributed by atoms with Crippen molar-refractivity contribution in [2.75, 3.05) is 24.9 Å². The zero-order chi connectivity index (χ0) is 40.4. The van der Waals surface area contributed by atoms with Crippen molar-refractivity contribution in [3.63, 3.8) is 0 Å². The Labute approximate surface area is 317 Å². The summed E-state index contributed by atoms with van der Waals surface area (Å²) in [5, 5.41) is 42.4. The van der Waals surface area contributed by atoms with E-state index >= 15 is 0 Å². The Balaban J connectivity index is 1.23. The number of nitrogens with zero attached hydrogens (tertiary/aromatic N) is 4. The summed E-state index contributed by atoms with van der Waals surface area (Å²) >= 11 is 0. The van der Waals surface area contributed by atoms with Crippen LogP contribution in [0.1, 0.15) is 0 Å². The Hall–Kier alpha value is -7.00. The molecule has 56 heavy (non-hydrogen) atoms. The third kappa shape index (κ3) is 8.37. The molecule has 0 atom stereocenters. The molecule has 0 aromatic heterocycles. The maximum Gasteiger partial charge on any atom is 0.314 e. The van der Waals surface area contributed by atoms with Crippen LogP contribution in [-0.2, 0) is 29.8 Å². The number of methoxy groups -OCH3 is 2. The average molecular weight is 801 g/mol. The van der Waals surface area contributed by atoms with Gasteiger partial charge in [-0.25, -0.2) is 0 Å². The number of hydrogen-bond acceptors (Lipinski definition) is 14. The Morgan fingerprint density at radius 3 is 1.21 bits per heavy atom. The largest absolute Gasteiger partial charge is 0.505 e. The van der Waals surface area contributed by atoms with Crippen molar-refractivity contribution in [2.45, 2.75) is 9.79 Å². The predicted octanol–water partition coefficient (Wildman–Crippen LogP) is 7.32. The number of rotatable bonds is 10. The number of aromatic hydroxyl groups is 2. The van der Waals surface area contributed by atoms with Gasteiger partial charge in [0.1, 0.15) is 32.7 Å². The van der Waals surface area contributed by atoms with Crippen LogP contribution in [0.15, 0.2) is 127 Å². The summed E-state index contributed by atoms with van der Waals surface area (Å²) in [6.45, 7) is 0. The van der Waals surface area contributed by atoms with Gasteiger partial charge in [0.05, 0.1) is 25.6 Å². The van der Waals surface area contributed by atoms with Crippen molar-refractivity contribution in [2.24, 2.45) is 20.5 Å². The van der Waals surface area contributed by atoms with Crippen LogP contribution >= 0.6 is 0 Å². The highest BCUT2D eigenvalue weighted by molar-refractivity contribution is 7.86. The number of anilines is 2. The lowest BCUT2D eigenvalue weighted by Crippen LogP contribution is -2.29. The lowest BCUT2D eigenvalue weighted by molar-refractivity contribution is -0.132. The predicted molar refractivity (Wildman–Crippen MR) is 202 cm³/mol. The number of fused-ring (bicyclic) bond motifs is 2. The number of carbonyl (C=O) groups is 2. The molecule has 2 amide bonds. The van der Waals surface area contributed by atoms with Crippen LogP contribution in [0.3, 0.4) is 0 Å². The highest BCUT2D eigenvalue weighted by Crippen LogP contribution is 2.43. The summed E-state index contributed by atoms with van der Waals surface area (Å²) in [6.07, 6.45) is 0. The molecule has 0 aliphatic carbocycles. The number of carbonyl (C=O) groups excluding carboxylic acids is 2. The van der Waals surface area contributed by atoms with E-state index in [0.29, 0.717) is 11.5 Å². The summed E-state index contributed by atoms with van der Waals surface area (Å²) in [7, 11) is -6.97. The average Bonchev–Trinajstić information content (AvgIpc) is 3.16. The minimum absolute atomic E-state index is 0.0106. The SMILES string of the molecule is COc1ccc(N=Nc2c(S(=O)(=O)O)cc3cc(NC(=O)C(=O)Nc4ccc5c(O)c(N=Nc6ccc(OC)cc6)c(S(=O)(=O)O)cc5c4)ccc3c2O)cc1. The van der Waals surface area contributed by atoms with E-state index in [4.69, 9.17) is 9.47 Å². The van der Waals surface area contributed by atoms with Crippen LogP contribution < -0.4 is 20.1 Å². The fraction of sp³-hybridized carbons (Fsp3) is 0.0556. The third-order valence-electron chi connectivity index (χ3n) is 8.06. The number of benzene rings is 6. The second-order valence-electron chi connectivity index (χ2n) is 11.7. The molecular weight excluding hydrogens is 773 g/mol. The summed E-state index contributed by atoms with van der Waals surface area (Å²) in [6, 6.07) is 22.1. The number of phenols is 2. The van der Waals surface area contributed by atoms with Gasteiger partial charge in [-0.1, -0.05) is 0 Å². The minimum atomic E-state index is -4.96. The van der Waals surface area contributed by atoms with Gasteiger partial charge in [0.25, 0.3) is 20.2 Å². The molecule has 6 aromatic rings. The highest BCUT2D eigenvalue weighted by Gasteiger charge is 2.24. The molecule has 0 saturated carbocycles. The maximum atomic E-state index is 12.9. The Kier molecular flexibility index (Phi) is 10.6. The van der Waals surface area contributed by atoms with Crippen molar-refractivity contribution in [3.8, 4) is 23.0 Å². The van der Waals surface area contributed by atoms with E-state index in [9.17, 15) is 45.7 Å². The first kappa shape index (κ1) is 38.7. The van der Waals surface area contributed by atoms with Crippen LogP contribution in [0.25, 0.3) is 21.5 Å². The quantitative estimate of drug-likeness (QED) is 0.0452. The maximum absolute atomic E-state index is 12.9. The van der Waals surface area contributed by atoms with Gasteiger partial charge in [0.2, 0.25) is 0 Å². The first-order valence-corrected chi connectivity index (χ1v) is 18.7. The monoisotopic (exact) mass is 800 g/mol. The summed E-state index contributed by atoms with van der Waals surface area (Å²) < 4.78 is 79.2. The lowest BCUT2D eigenvalue weighted by atomic mass is 10.1. The zero-order valence-corrected chi connectivity index (χ0v) is 30.5. The van der Waals surface area contributed by atoms with Crippen molar-refractivity contribution in [1.29, 1.82) is 0 Å². The topological polar surface area (TPSA) is 275 Å². The molecule has 0 aliphatic heterocycles. The number of ether oxygens (including phenoxy) is 2. The van der Waals surface area contributed by atoms with Gasteiger partial charge >= 0.3 is 11.8 Å². The molecular formula is C36H28N6O12S2. The number of nitrogens with one attached hydrogen (secondary N) is 2. The van der Waals surface area contributed by atoms with Gasteiger partial charge in [-0.15, -0.1) is 10.2 Å². The molecule has 20 heteroatoms. The molecule has 0 aliphatic rings. The molecule has 6 N–H and O–H groups in total. The van der Waals surface area contributed by atoms with E-state index in [1.54, 1.807) is 24.3 Å². The van der Waals surface area contributed by atoms with E-state index in [1.807, 2.05) is 0 Å². The zero-order valence-electron chi connectivity index (χ0n) is 28.9. The van der Waals surface area contributed by atoms with E-state index in [-0.39, 0.29) is 44.3 Å². The van der Waals surface area contributed by atoms with Crippen LogP contribution in [-0.4, -0.2) is 62.2 Å². The summed E-state index contributed by atoms with van der Waals surface area (Å²) in [5.41, 5.74) is -0.550. The first-order valence-electron chi connectivity index (χ1n) is 15.8. The highest BCUT2D eigenvalue weighted by atomic mass is 32.2.